The first-order valence-electron chi connectivity index (χ1n) is 8.13. The molecule has 3 aromatic rings. The Labute approximate surface area is 166 Å². The average molecular weight is 400 g/mol. The zero-order valence-corrected chi connectivity index (χ0v) is 15.6. The lowest BCUT2D eigenvalue weighted by atomic mass is 10.1. The van der Waals surface area contributed by atoms with Crippen molar-refractivity contribution in [3.05, 3.63) is 94.0 Å². The Morgan fingerprint density at radius 1 is 0.852 bits per heavy atom. The number of rotatable bonds is 5. The number of halogens is 2. The van der Waals surface area contributed by atoms with Crippen LogP contribution in [0.15, 0.2) is 72.8 Å². The molecule has 0 fully saturated rings. The molecule has 0 aromatic heterocycles. The molecule has 0 bridgehead atoms. The van der Waals surface area contributed by atoms with Crippen LogP contribution in [-0.4, -0.2) is 11.9 Å². The molecule has 1 N–H and O–H groups in total. The lowest BCUT2D eigenvalue weighted by Gasteiger charge is -2.09. The van der Waals surface area contributed by atoms with E-state index in [1.807, 2.05) is 12.1 Å². The number of esters is 1. The van der Waals surface area contributed by atoms with Crippen molar-refractivity contribution in [1.82, 2.24) is 0 Å². The Morgan fingerprint density at radius 3 is 2.26 bits per heavy atom. The third kappa shape index (κ3) is 5.09. The molecule has 3 aromatic carbocycles. The zero-order valence-electron chi connectivity index (χ0n) is 14.1. The van der Waals surface area contributed by atoms with E-state index in [-0.39, 0.29) is 22.9 Å². The summed E-state index contributed by atoms with van der Waals surface area (Å²) >= 11 is 12.3. The minimum absolute atomic E-state index is 0.134. The van der Waals surface area contributed by atoms with E-state index in [0.717, 1.165) is 5.56 Å². The Bertz CT molecular complexity index is 974. The summed E-state index contributed by atoms with van der Waals surface area (Å²) in [6.07, 6.45) is 0.134. The summed E-state index contributed by atoms with van der Waals surface area (Å²) in [4.78, 5) is 24.4. The Hall–Kier alpha value is -2.82. The highest BCUT2D eigenvalue weighted by atomic mass is 35.5. The molecule has 0 heterocycles. The van der Waals surface area contributed by atoms with E-state index in [2.05, 4.69) is 5.32 Å². The number of hydrogen-bond donors (Lipinski definition) is 1. The molecule has 4 nitrogen and oxygen atoms in total. The van der Waals surface area contributed by atoms with Crippen molar-refractivity contribution in [2.24, 2.45) is 0 Å². The van der Waals surface area contributed by atoms with Gasteiger partial charge in [-0.1, -0.05) is 59.6 Å². The number of amides is 1. The molecule has 0 aliphatic rings. The number of benzene rings is 3. The van der Waals surface area contributed by atoms with Gasteiger partial charge in [-0.2, -0.15) is 0 Å². The molecule has 27 heavy (non-hydrogen) atoms. The molecule has 0 spiro atoms. The van der Waals surface area contributed by atoms with Crippen LogP contribution in [0.25, 0.3) is 0 Å². The van der Waals surface area contributed by atoms with Crippen molar-refractivity contribution in [1.29, 1.82) is 0 Å². The van der Waals surface area contributed by atoms with E-state index >= 15 is 0 Å². The topological polar surface area (TPSA) is 55.4 Å². The quantitative estimate of drug-likeness (QED) is 0.461. The molecule has 0 aliphatic heterocycles. The highest BCUT2D eigenvalue weighted by molar-refractivity contribution is 6.34. The van der Waals surface area contributed by atoms with Gasteiger partial charge < -0.3 is 10.1 Å². The van der Waals surface area contributed by atoms with Crippen molar-refractivity contribution in [2.75, 3.05) is 5.32 Å². The van der Waals surface area contributed by atoms with Crippen molar-refractivity contribution in [2.45, 2.75) is 6.42 Å². The van der Waals surface area contributed by atoms with E-state index in [1.54, 1.807) is 48.5 Å². The predicted molar refractivity (Wildman–Crippen MR) is 107 cm³/mol. The second-order valence-electron chi connectivity index (χ2n) is 5.71. The number of para-hydroxylation sites is 1. The monoisotopic (exact) mass is 399 g/mol. The first-order valence-corrected chi connectivity index (χ1v) is 8.88. The summed E-state index contributed by atoms with van der Waals surface area (Å²) in [5.41, 5.74) is 1.42. The maximum atomic E-state index is 12.2. The number of carbonyl (C=O) groups excluding carboxylic acids is 2. The summed E-state index contributed by atoms with van der Waals surface area (Å²) in [5, 5.41) is 3.46. The van der Waals surface area contributed by atoms with Gasteiger partial charge >= 0.3 is 5.97 Å². The van der Waals surface area contributed by atoms with E-state index in [9.17, 15) is 9.59 Å². The second kappa shape index (κ2) is 8.71. The Kier molecular flexibility index (Phi) is 6.12. The van der Waals surface area contributed by atoms with Crippen LogP contribution in [0.2, 0.25) is 10.0 Å². The van der Waals surface area contributed by atoms with Crippen molar-refractivity contribution in [3.63, 3.8) is 0 Å². The third-order valence-electron chi connectivity index (χ3n) is 3.74. The number of nitrogens with one attached hydrogen (secondary N) is 1. The number of anilines is 1. The normalized spacial score (nSPS) is 10.3. The van der Waals surface area contributed by atoms with Gasteiger partial charge in [0.25, 0.3) is 0 Å². The van der Waals surface area contributed by atoms with Crippen molar-refractivity contribution < 1.29 is 14.3 Å². The Balaban J connectivity index is 1.66. The molecule has 0 saturated heterocycles. The van der Waals surface area contributed by atoms with Gasteiger partial charge in [-0.3, -0.25) is 4.79 Å². The summed E-state index contributed by atoms with van der Waals surface area (Å²) in [6, 6.07) is 20.5. The lowest BCUT2D eigenvalue weighted by Crippen LogP contribution is -2.15. The van der Waals surface area contributed by atoms with Crippen LogP contribution in [0.5, 0.6) is 5.75 Å². The molecule has 6 heteroatoms. The maximum absolute atomic E-state index is 12.2. The second-order valence-corrected chi connectivity index (χ2v) is 6.53. The molecule has 0 atom stereocenters. The van der Waals surface area contributed by atoms with Crippen LogP contribution >= 0.6 is 23.2 Å². The predicted octanol–water partition coefficient (Wildman–Crippen LogP) is 5.39. The van der Waals surface area contributed by atoms with Gasteiger partial charge in [0.2, 0.25) is 5.91 Å². The standard InChI is InChI=1S/C21H15Cl2NO3/c22-18-9-5-4-6-14(18)12-20(25)24-15-10-11-17(19(23)13-15)21(26)27-16-7-2-1-3-8-16/h1-11,13H,12H2,(H,24,25). The fourth-order valence-electron chi connectivity index (χ4n) is 2.43. The molecule has 1 amide bonds. The molecule has 0 saturated carbocycles. The highest BCUT2D eigenvalue weighted by Gasteiger charge is 2.14. The van der Waals surface area contributed by atoms with Gasteiger partial charge in [-0.25, -0.2) is 4.79 Å². The summed E-state index contributed by atoms with van der Waals surface area (Å²) in [6.45, 7) is 0. The van der Waals surface area contributed by atoms with Crippen LogP contribution in [0.1, 0.15) is 15.9 Å². The van der Waals surface area contributed by atoms with Gasteiger partial charge in [0.1, 0.15) is 5.75 Å². The molecular weight excluding hydrogens is 385 g/mol. The average Bonchev–Trinajstić information content (AvgIpc) is 2.64. The molecule has 136 valence electrons. The fraction of sp³-hybridized carbons (Fsp3) is 0.0476. The van der Waals surface area contributed by atoms with Crippen molar-refractivity contribution in [3.8, 4) is 5.75 Å². The molecule has 3 rings (SSSR count). The zero-order chi connectivity index (χ0) is 19.2. The largest absolute Gasteiger partial charge is 0.423 e. The van der Waals surface area contributed by atoms with Gasteiger partial charge in [-0.15, -0.1) is 0 Å². The minimum atomic E-state index is -0.569. The summed E-state index contributed by atoms with van der Waals surface area (Å²) < 4.78 is 5.27. The number of carbonyl (C=O) groups is 2. The minimum Gasteiger partial charge on any atom is -0.423 e. The van der Waals surface area contributed by atoms with Crippen molar-refractivity contribution >= 4 is 40.8 Å². The van der Waals surface area contributed by atoms with Crippen LogP contribution in [-0.2, 0) is 11.2 Å². The molecule has 0 unspecified atom stereocenters. The molecular formula is C21H15Cl2NO3. The van der Waals surface area contributed by atoms with E-state index in [0.29, 0.717) is 16.5 Å². The van der Waals surface area contributed by atoms with Gasteiger partial charge in [0.15, 0.2) is 0 Å². The smallest absolute Gasteiger partial charge is 0.345 e. The summed E-state index contributed by atoms with van der Waals surface area (Å²) in [5.74, 6) is -0.380. The fourth-order valence-corrected chi connectivity index (χ4v) is 2.89. The van der Waals surface area contributed by atoms with Gasteiger partial charge in [0.05, 0.1) is 17.0 Å². The number of hydrogen-bond acceptors (Lipinski definition) is 3. The van der Waals surface area contributed by atoms with E-state index in [4.69, 9.17) is 27.9 Å². The molecule has 0 radical (unpaired) electrons. The van der Waals surface area contributed by atoms with Crippen LogP contribution < -0.4 is 10.1 Å². The van der Waals surface area contributed by atoms with Gasteiger partial charge in [0, 0.05) is 10.7 Å². The highest BCUT2D eigenvalue weighted by Crippen LogP contribution is 2.23. The van der Waals surface area contributed by atoms with Gasteiger partial charge in [-0.05, 0) is 42.0 Å². The lowest BCUT2D eigenvalue weighted by molar-refractivity contribution is -0.115. The third-order valence-corrected chi connectivity index (χ3v) is 4.42. The van der Waals surface area contributed by atoms with Crippen LogP contribution in [0.3, 0.4) is 0 Å². The van der Waals surface area contributed by atoms with Crippen LogP contribution in [0.4, 0.5) is 5.69 Å². The maximum Gasteiger partial charge on any atom is 0.345 e. The van der Waals surface area contributed by atoms with E-state index < -0.39 is 5.97 Å². The van der Waals surface area contributed by atoms with Crippen LogP contribution in [0, 0.1) is 0 Å². The summed E-state index contributed by atoms with van der Waals surface area (Å²) in [7, 11) is 0. The first-order chi connectivity index (χ1) is 13.0. The Morgan fingerprint density at radius 2 is 1.56 bits per heavy atom. The molecule has 0 aliphatic carbocycles. The number of ether oxygens (including phenoxy) is 1. The van der Waals surface area contributed by atoms with E-state index in [1.165, 1.54) is 12.1 Å². The first kappa shape index (κ1) is 19.0. The SMILES string of the molecule is O=C(Cc1ccccc1Cl)Nc1ccc(C(=O)Oc2ccccc2)c(Cl)c1.